The molecular formula is C13H13F2N3S. The molecule has 0 aliphatic heterocycles. The van der Waals surface area contributed by atoms with Crippen molar-refractivity contribution < 1.29 is 8.78 Å². The van der Waals surface area contributed by atoms with Crippen LogP contribution in [-0.2, 0) is 6.42 Å². The van der Waals surface area contributed by atoms with Crippen LogP contribution in [0.25, 0.3) is 0 Å². The van der Waals surface area contributed by atoms with Crippen molar-refractivity contribution >= 4 is 11.8 Å². The second-order valence-corrected chi connectivity index (χ2v) is 5.25. The highest BCUT2D eigenvalue weighted by atomic mass is 32.2. The highest BCUT2D eigenvalue weighted by molar-refractivity contribution is 7.99. The highest BCUT2D eigenvalue weighted by Crippen LogP contribution is 2.31. The minimum atomic E-state index is -0.598. The van der Waals surface area contributed by atoms with E-state index in [1.807, 2.05) is 0 Å². The predicted octanol–water partition coefficient (Wildman–Crippen LogP) is 2.80. The summed E-state index contributed by atoms with van der Waals surface area (Å²) < 4.78 is 27.8. The predicted molar refractivity (Wildman–Crippen MR) is 69.9 cm³/mol. The van der Waals surface area contributed by atoms with Gasteiger partial charge in [0.25, 0.3) is 0 Å². The van der Waals surface area contributed by atoms with Crippen LogP contribution in [0.4, 0.5) is 8.78 Å². The molecule has 0 spiro atoms. The van der Waals surface area contributed by atoms with Crippen molar-refractivity contribution in [3.63, 3.8) is 0 Å². The first kappa shape index (κ1) is 13.9. The lowest BCUT2D eigenvalue weighted by molar-refractivity contribution is 0.535. The first-order valence-corrected chi connectivity index (χ1v) is 6.55. The van der Waals surface area contributed by atoms with Gasteiger partial charge in [-0.15, -0.1) is 0 Å². The van der Waals surface area contributed by atoms with Crippen molar-refractivity contribution in [3.8, 4) is 0 Å². The normalized spacial score (nSPS) is 12.4. The topological polar surface area (TPSA) is 51.8 Å². The van der Waals surface area contributed by atoms with E-state index >= 15 is 0 Å². The summed E-state index contributed by atoms with van der Waals surface area (Å²) in [6.45, 7) is 1.79. The van der Waals surface area contributed by atoms with Crippen LogP contribution in [-0.4, -0.2) is 16.0 Å². The molecule has 0 saturated carbocycles. The van der Waals surface area contributed by atoms with Crippen LogP contribution in [0, 0.1) is 11.6 Å². The maximum Gasteiger partial charge on any atom is 0.140 e. The largest absolute Gasteiger partial charge is 0.328 e. The fourth-order valence-corrected chi connectivity index (χ4v) is 2.39. The van der Waals surface area contributed by atoms with E-state index < -0.39 is 11.6 Å². The monoisotopic (exact) mass is 281 g/mol. The molecule has 1 unspecified atom stereocenters. The van der Waals surface area contributed by atoms with Crippen molar-refractivity contribution in [2.24, 2.45) is 5.73 Å². The van der Waals surface area contributed by atoms with Gasteiger partial charge in [-0.05, 0) is 37.1 Å². The Kier molecular flexibility index (Phi) is 4.44. The number of halogens is 2. The molecule has 0 fully saturated rings. The first-order valence-electron chi connectivity index (χ1n) is 5.73. The van der Waals surface area contributed by atoms with Gasteiger partial charge in [0.05, 0.1) is 4.90 Å². The molecule has 0 aliphatic rings. The fraction of sp³-hybridized carbons (Fsp3) is 0.231. The molecule has 0 radical (unpaired) electrons. The second-order valence-electron chi connectivity index (χ2n) is 4.22. The van der Waals surface area contributed by atoms with Gasteiger partial charge in [-0.1, -0.05) is 11.8 Å². The average Bonchev–Trinajstić information content (AvgIpc) is 2.34. The molecule has 0 saturated heterocycles. The molecule has 3 nitrogen and oxygen atoms in total. The zero-order chi connectivity index (χ0) is 13.8. The van der Waals surface area contributed by atoms with Gasteiger partial charge >= 0.3 is 0 Å². The van der Waals surface area contributed by atoms with Gasteiger partial charge < -0.3 is 5.73 Å². The van der Waals surface area contributed by atoms with Gasteiger partial charge in [-0.25, -0.2) is 18.7 Å². The number of hydrogen-bond acceptors (Lipinski definition) is 4. The van der Waals surface area contributed by atoms with Crippen LogP contribution >= 0.6 is 11.8 Å². The number of rotatable bonds is 4. The SMILES string of the molecule is CC(N)Cc1cc(F)c(Sc2ccncn2)c(F)c1. The molecule has 2 N–H and O–H groups in total. The van der Waals surface area contributed by atoms with E-state index in [4.69, 9.17) is 5.73 Å². The number of aromatic nitrogens is 2. The van der Waals surface area contributed by atoms with Crippen molar-refractivity contribution in [1.29, 1.82) is 0 Å². The minimum absolute atomic E-state index is 0.0628. The van der Waals surface area contributed by atoms with Crippen LogP contribution in [0.5, 0.6) is 0 Å². The third kappa shape index (κ3) is 3.71. The van der Waals surface area contributed by atoms with E-state index in [2.05, 4.69) is 9.97 Å². The molecule has 2 rings (SSSR count). The van der Waals surface area contributed by atoms with Gasteiger partial charge in [0, 0.05) is 12.2 Å². The Hall–Kier alpha value is -1.53. The number of nitrogens with zero attached hydrogens (tertiary/aromatic N) is 2. The Balaban J connectivity index is 2.27. The maximum atomic E-state index is 13.9. The quantitative estimate of drug-likeness (QED) is 0.876. The van der Waals surface area contributed by atoms with Crippen LogP contribution in [0.1, 0.15) is 12.5 Å². The maximum absolute atomic E-state index is 13.9. The molecule has 0 amide bonds. The van der Waals surface area contributed by atoms with Crippen molar-refractivity contribution in [1.82, 2.24) is 9.97 Å². The van der Waals surface area contributed by atoms with Gasteiger partial charge in [0.1, 0.15) is 23.0 Å². The Morgan fingerprint density at radius 2 is 2.00 bits per heavy atom. The van der Waals surface area contributed by atoms with E-state index in [9.17, 15) is 8.78 Å². The van der Waals surface area contributed by atoms with Crippen molar-refractivity contribution in [2.45, 2.75) is 29.3 Å². The number of benzene rings is 1. The Morgan fingerprint density at radius 1 is 1.32 bits per heavy atom. The molecule has 1 heterocycles. The molecule has 19 heavy (non-hydrogen) atoms. The smallest absolute Gasteiger partial charge is 0.140 e. The zero-order valence-electron chi connectivity index (χ0n) is 10.3. The molecule has 1 aromatic carbocycles. The third-order valence-corrected chi connectivity index (χ3v) is 3.42. The van der Waals surface area contributed by atoms with Gasteiger partial charge in [-0.2, -0.15) is 0 Å². The lowest BCUT2D eigenvalue weighted by Gasteiger charge is -2.09. The number of nitrogens with two attached hydrogens (primary N) is 1. The van der Waals surface area contributed by atoms with Gasteiger partial charge in [0.15, 0.2) is 0 Å². The Labute approximate surface area is 114 Å². The lowest BCUT2D eigenvalue weighted by Crippen LogP contribution is -2.18. The summed E-state index contributed by atoms with van der Waals surface area (Å²) in [5.41, 5.74) is 6.17. The summed E-state index contributed by atoms with van der Waals surface area (Å²) in [6, 6.07) is 4.09. The second kappa shape index (κ2) is 6.08. The molecule has 1 aromatic heterocycles. The fourth-order valence-electron chi connectivity index (χ4n) is 1.64. The molecule has 100 valence electrons. The molecule has 1 atom stereocenters. The summed E-state index contributed by atoms with van der Waals surface area (Å²) in [5, 5.41) is 0.493. The van der Waals surface area contributed by atoms with Crippen LogP contribution < -0.4 is 5.73 Å². The summed E-state index contributed by atoms with van der Waals surface area (Å²) in [7, 11) is 0. The Morgan fingerprint density at radius 3 is 2.53 bits per heavy atom. The van der Waals surface area contributed by atoms with Crippen LogP contribution in [0.15, 0.2) is 40.6 Å². The van der Waals surface area contributed by atoms with E-state index in [0.29, 0.717) is 17.0 Å². The van der Waals surface area contributed by atoms with Crippen LogP contribution in [0.2, 0.25) is 0 Å². The minimum Gasteiger partial charge on any atom is -0.328 e. The molecule has 2 aromatic rings. The highest BCUT2D eigenvalue weighted by Gasteiger charge is 2.14. The lowest BCUT2D eigenvalue weighted by atomic mass is 10.1. The molecular weight excluding hydrogens is 268 g/mol. The Bertz CT molecular complexity index is 538. The van der Waals surface area contributed by atoms with E-state index in [1.165, 1.54) is 24.7 Å². The van der Waals surface area contributed by atoms with E-state index in [0.717, 1.165) is 11.8 Å². The first-order chi connectivity index (χ1) is 9.06. The molecule has 6 heteroatoms. The molecule has 0 aliphatic carbocycles. The van der Waals surface area contributed by atoms with Crippen molar-refractivity contribution in [2.75, 3.05) is 0 Å². The van der Waals surface area contributed by atoms with Crippen molar-refractivity contribution in [3.05, 3.63) is 47.9 Å². The van der Waals surface area contributed by atoms with E-state index in [1.54, 1.807) is 13.0 Å². The van der Waals surface area contributed by atoms with Crippen LogP contribution in [0.3, 0.4) is 0 Å². The standard InChI is InChI=1S/C13H13F2N3S/c1-8(16)4-9-5-10(14)13(11(15)6-9)19-12-2-3-17-7-18-12/h2-3,5-8H,4,16H2,1H3. The average molecular weight is 281 g/mol. The third-order valence-electron chi connectivity index (χ3n) is 2.38. The van der Waals surface area contributed by atoms with Gasteiger partial charge in [0.2, 0.25) is 0 Å². The van der Waals surface area contributed by atoms with E-state index in [-0.39, 0.29) is 10.9 Å². The summed E-state index contributed by atoms with van der Waals surface area (Å²) >= 11 is 0.936. The summed E-state index contributed by atoms with van der Waals surface area (Å²) in [6.07, 6.45) is 3.30. The zero-order valence-corrected chi connectivity index (χ0v) is 11.1. The summed E-state index contributed by atoms with van der Waals surface area (Å²) in [4.78, 5) is 7.62. The van der Waals surface area contributed by atoms with Gasteiger partial charge in [-0.3, -0.25) is 0 Å². The summed E-state index contributed by atoms with van der Waals surface area (Å²) in [5.74, 6) is -1.20. The molecule has 0 bridgehead atoms. The number of hydrogen-bond donors (Lipinski definition) is 1.